The van der Waals surface area contributed by atoms with E-state index >= 15 is 0 Å². The molecule has 3 heterocycles. The van der Waals surface area contributed by atoms with Crippen LogP contribution in [0.5, 0.6) is 0 Å². The predicted octanol–water partition coefficient (Wildman–Crippen LogP) is 2.44. The quantitative estimate of drug-likeness (QED) is 0.914. The number of aryl methyl sites for hydroxylation is 1. The molecule has 4 rings (SSSR count). The summed E-state index contributed by atoms with van der Waals surface area (Å²) in [7, 11) is 1.97. The number of imidazole rings is 1. The summed E-state index contributed by atoms with van der Waals surface area (Å²) in [6.45, 7) is 3.00. The summed E-state index contributed by atoms with van der Waals surface area (Å²) >= 11 is 0. The molecule has 2 amide bonds. The van der Waals surface area contributed by atoms with Crippen molar-refractivity contribution in [2.75, 3.05) is 25.0 Å². The molecule has 0 aliphatic carbocycles. The van der Waals surface area contributed by atoms with Crippen molar-refractivity contribution < 1.29 is 13.6 Å². The van der Waals surface area contributed by atoms with Gasteiger partial charge in [0.05, 0.1) is 12.2 Å². The van der Waals surface area contributed by atoms with Gasteiger partial charge in [-0.2, -0.15) is 0 Å². The lowest BCUT2D eigenvalue weighted by molar-refractivity contribution is 0.201. The Morgan fingerprint density at radius 1 is 1.35 bits per heavy atom. The zero-order valence-corrected chi connectivity index (χ0v) is 14.5. The number of carbonyl (C=O) groups excluding carboxylic acids is 1. The Kier molecular flexibility index (Phi) is 4.36. The molecule has 0 spiro atoms. The first kappa shape index (κ1) is 17.0. The average Bonchev–Trinajstić information content (AvgIpc) is 3.28. The van der Waals surface area contributed by atoms with Gasteiger partial charge in [-0.25, -0.2) is 18.6 Å². The molecule has 1 N–H and O–H groups in total. The predicted molar refractivity (Wildman–Crippen MR) is 92.5 cm³/mol. The van der Waals surface area contributed by atoms with E-state index in [-0.39, 0.29) is 17.8 Å². The van der Waals surface area contributed by atoms with Crippen LogP contribution in [0, 0.1) is 17.6 Å². The normalized spacial score (nSPS) is 22.7. The van der Waals surface area contributed by atoms with Crippen LogP contribution in [0.25, 0.3) is 0 Å². The van der Waals surface area contributed by atoms with E-state index in [2.05, 4.69) is 15.2 Å². The van der Waals surface area contributed by atoms with Gasteiger partial charge in [-0.1, -0.05) is 0 Å². The summed E-state index contributed by atoms with van der Waals surface area (Å²) in [5.41, 5.74) is -0.00155. The first-order valence-corrected chi connectivity index (χ1v) is 8.72. The van der Waals surface area contributed by atoms with Crippen LogP contribution in [0.2, 0.25) is 0 Å². The van der Waals surface area contributed by atoms with E-state index in [4.69, 9.17) is 0 Å². The van der Waals surface area contributed by atoms with Gasteiger partial charge < -0.3 is 14.8 Å². The van der Waals surface area contributed by atoms with Crippen molar-refractivity contribution in [2.45, 2.75) is 19.0 Å². The Morgan fingerprint density at radius 3 is 2.92 bits per heavy atom. The fourth-order valence-corrected chi connectivity index (χ4v) is 3.93. The van der Waals surface area contributed by atoms with Crippen molar-refractivity contribution in [3.05, 3.63) is 48.1 Å². The Hall–Kier alpha value is -2.48. The number of carbonyl (C=O) groups is 1. The maximum Gasteiger partial charge on any atom is 0.321 e. The molecule has 1 aromatic carbocycles. The molecular formula is C18H21F2N5O. The van der Waals surface area contributed by atoms with Crippen LogP contribution in [-0.2, 0) is 13.6 Å². The van der Waals surface area contributed by atoms with E-state index in [1.165, 1.54) is 6.07 Å². The number of benzene rings is 1. The fraction of sp³-hybridized carbons (Fsp3) is 0.444. The molecule has 1 aromatic heterocycles. The number of urea groups is 1. The van der Waals surface area contributed by atoms with Crippen LogP contribution < -0.4 is 5.32 Å². The topological polar surface area (TPSA) is 53.4 Å². The summed E-state index contributed by atoms with van der Waals surface area (Å²) < 4.78 is 28.7. The maximum atomic E-state index is 13.7. The lowest BCUT2D eigenvalue weighted by atomic mass is 10.1. The third kappa shape index (κ3) is 3.16. The van der Waals surface area contributed by atoms with Gasteiger partial charge in [0.25, 0.3) is 0 Å². The number of hydrogen-bond donors (Lipinski definition) is 1. The SMILES string of the molecule is Cn1ccnc1CN1CC[C@@H]2CN(C(=O)Nc3ccc(F)cc3F)C[C@@H]21. The van der Waals surface area contributed by atoms with Crippen LogP contribution >= 0.6 is 0 Å². The monoisotopic (exact) mass is 361 g/mol. The van der Waals surface area contributed by atoms with Gasteiger partial charge in [0, 0.05) is 44.6 Å². The second kappa shape index (κ2) is 6.68. The van der Waals surface area contributed by atoms with Gasteiger partial charge in [0.15, 0.2) is 0 Å². The van der Waals surface area contributed by atoms with Crippen molar-refractivity contribution in [1.29, 1.82) is 0 Å². The molecule has 0 bridgehead atoms. The van der Waals surface area contributed by atoms with Crippen LogP contribution in [0.1, 0.15) is 12.2 Å². The minimum atomic E-state index is -0.769. The number of nitrogens with zero attached hydrogens (tertiary/aromatic N) is 4. The smallest absolute Gasteiger partial charge is 0.321 e. The standard InChI is InChI=1S/C18H21F2N5O/c1-23-7-5-21-17(23)11-24-6-4-12-9-25(10-16(12)24)18(26)22-15-3-2-13(19)8-14(15)20/h2-3,5,7-8,12,16H,4,6,9-11H2,1H3,(H,22,26)/t12-,16+/m1/s1. The van der Waals surface area contributed by atoms with Crippen molar-refractivity contribution >= 4 is 11.7 Å². The summed E-state index contributed by atoms with van der Waals surface area (Å²) in [6, 6.07) is 3.08. The van der Waals surface area contributed by atoms with Crippen molar-refractivity contribution in [3.8, 4) is 0 Å². The van der Waals surface area contributed by atoms with E-state index in [1.807, 2.05) is 17.8 Å². The van der Waals surface area contributed by atoms with Gasteiger partial charge >= 0.3 is 6.03 Å². The average molecular weight is 361 g/mol. The second-order valence-corrected chi connectivity index (χ2v) is 7.00. The number of halogens is 2. The molecule has 2 aliphatic heterocycles. The number of nitrogens with one attached hydrogen (secondary N) is 1. The summed E-state index contributed by atoms with van der Waals surface area (Å²) in [5, 5.41) is 2.55. The van der Waals surface area contributed by atoms with Crippen molar-refractivity contribution in [3.63, 3.8) is 0 Å². The molecule has 0 unspecified atom stereocenters. The molecule has 6 nitrogen and oxygen atoms in total. The number of anilines is 1. The summed E-state index contributed by atoms with van der Waals surface area (Å²) in [5.74, 6) is -0.0173. The molecule has 2 atom stereocenters. The van der Waals surface area contributed by atoms with Gasteiger partial charge in [0.2, 0.25) is 0 Å². The molecule has 0 radical (unpaired) electrons. The highest BCUT2D eigenvalue weighted by molar-refractivity contribution is 5.89. The molecule has 8 heteroatoms. The Bertz CT molecular complexity index is 824. The molecular weight excluding hydrogens is 340 g/mol. The van der Waals surface area contributed by atoms with Crippen LogP contribution in [0.15, 0.2) is 30.6 Å². The van der Waals surface area contributed by atoms with E-state index in [0.29, 0.717) is 19.0 Å². The highest BCUT2D eigenvalue weighted by atomic mass is 19.1. The van der Waals surface area contributed by atoms with Crippen LogP contribution in [0.4, 0.5) is 19.3 Å². The number of rotatable bonds is 3. The lowest BCUT2D eigenvalue weighted by Gasteiger charge is -2.24. The number of amides is 2. The first-order valence-electron chi connectivity index (χ1n) is 8.72. The Morgan fingerprint density at radius 2 is 2.19 bits per heavy atom. The second-order valence-electron chi connectivity index (χ2n) is 7.00. The zero-order chi connectivity index (χ0) is 18.3. The van der Waals surface area contributed by atoms with Crippen LogP contribution in [0.3, 0.4) is 0 Å². The van der Waals surface area contributed by atoms with E-state index < -0.39 is 11.6 Å². The van der Waals surface area contributed by atoms with Gasteiger partial charge in [-0.15, -0.1) is 0 Å². The minimum Gasteiger partial charge on any atom is -0.337 e. The number of fused-ring (bicyclic) bond motifs is 1. The molecule has 2 saturated heterocycles. The third-order valence-electron chi connectivity index (χ3n) is 5.39. The van der Waals surface area contributed by atoms with Crippen LogP contribution in [-0.4, -0.2) is 51.1 Å². The van der Waals surface area contributed by atoms with Crippen molar-refractivity contribution in [2.24, 2.45) is 13.0 Å². The molecule has 0 saturated carbocycles. The first-order chi connectivity index (χ1) is 12.5. The van der Waals surface area contributed by atoms with E-state index in [1.54, 1.807) is 11.1 Å². The third-order valence-corrected chi connectivity index (χ3v) is 5.39. The van der Waals surface area contributed by atoms with E-state index in [0.717, 1.165) is 37.5 Å². The molecule has 138 valence electrons. The Labute approximate surface area is 150 Å². The number of aromatic nitrogens is 2. The molecule has 2 aliphatic rings. The largest absolute Gasteiger partial charge is 0.337 e. The number of likely N-dealkylation sites (tertiary alicyclic amines) is 2. The van der Waals surface area contributed by atoms with Gasteiger partial charge in [-0.3, -0.25) is 4.90 Å². The highest BCUT2D eigenvalue weighted by Crippen LogP contribution is 2.32. The fourth-order valence-electron chi connectivity index (χ4n) is 3.93. The molecule has 2 aromatic rings. The van der Waals surface area contributed by atoms with Crippen molar-refractivity contribution in [1.82, 2.24) is 19.4 Å². The van der Waals surface area contributed by atoms with Gasteiger partial charge in [0.1, 0.15) is 17.5 Å². The molecule has 26 heavy (non-hydrogen) atoms. The minimum absolute atomic E-state index is 0.00155. The van der Waals surface area contributed by atoms with E-state index in [9.17, 15) is 13.6 Å². The lowest BCUT2D eigenvalue weighted by Crippen LogP contribution is -2.39. The molecule has 2 fully saturated rings. The van der Waals surface area contributed by atoms with Gasteiger partial charge in [-0.05, 0) is 31.0 Å². The Balaban J connectivity index is 1.40. The summed E-state index contributed by atoms with van der Waals surface area (Å²) in [4.78, 5) is 20.9. The summed E-state index contributed by atoms with van der Waals surface area (Å²) in [6.07, 6.45) is 4.74. The number of hydrogen-bond acceptors (Lipinski definition) is 3. The highest BCUT2D eigenvalue weighted by Gasteiger charge is 2.43. The maximum absolute atomic E-state index is 13.7. The zero-order valence-electron chi connectivity index (χ0n) is 14.5.